The molecule has 0 radical (unpaired) electrons. The maximum Gasteiger partial charge on any atom is 0.335 e. The summed E-state index contributed by atoms with van der Waals surface area (Å²) < 4.78 is 28.3. The SMILES string of the molecule is COCCONS(=O)(=O)c1cc(C(=O)O)ccc1Cl. The van der Waals surface area contributed by atoms with Crippen molar-refractivity contribution in [3.8, 4) is 0 Å². The van der Waals surface area contributed by atoms with Crippen LogP contribution in [0.25, 0.3) is 0 Å². The van der Waals surface area contributed by atoms with Crippen molar-refractivity contribution in [2.75, 3.05) is 20.3 Å². The first-order valence-electron chi connectivity index (χ1n) is 5.04. The van der Waals surface area contributed by atoms with Gasteiger partial charge in [0.15, 0.2) is 0 Å². The first kappa shape index (κ1) is 15.9. The molecule has 0 aliphatic carbocycles. The van der Waals surface area contributed by atoms with E-state index in [4.69, 9.17) is 16.7 Å². The molecular formula is C10H12ClNO6S. The van der Waals surface area contributed by atoms with Crippen LogP contribution in [-0.4, -0.2) is 39.8 Å². The second kappa shape index (κ2) is 6.83. The summed E-state index contributed by atoms with van der Waals surface area (Å²) in [6, 6.07) is 3.34. The molecule has 0 saturated carbocycles. The number of nitrogens with one attached hydrogen (secondary N) is 1. The van der Waals surface area contributed by atoms with Crippen molar-refractivity contribution < 1.29 is 27.9 Å². The minimum Gasteiger partial charge on any atom is -0.478 e. The largest absolute Gasteiger partial charge is 0.478 e. The fourth-order valence-electron chi connectivity index (χ4n) is 1.13. The molecule has 0 fully saturated rings. The van der Waals surface area contributed by atoms with Crippen LogP contribution in [0.2, 0.25) is 5.02 Å². The number of aromatic carboxylic acids is 1. The summed E-state index contributed by atoms with van der Waals surface area (Å²) in [4.78, 5) is 16.9. The summed E-state index contributed by atoms with van der Waals surface area (Å²) in [5.41, 5.74) is -0.193. The van der Waals surface area contributed by atoms with Gasteiger partial charge in [-0.3, -0.25) is 4.84 Å². The highest BCUT2D eigenvalue weighted by Gasteiger charge is 2.20. The summed E-state index contributed by atoms with van der Waals surface area (Å²) >= 11 is 5.73. The molecule has 0 bridgehead atoms. The lowest BCUT2D eigenvalue weighted by Gasteiger charge is -2.09. The van der Waals surface area contributed by atoms with Crippen LogP contribution >= 0.6 is 11.6 Å². The van der Waals surface area contributed by atoms with Crippen molar-refractivity contribution in [3.63, 3.8) is 0 Å². The molecule has 0 atom stereocenters. The van der Waals surface area contributed by atoms with Crippen LogP contribution in [0, 0.1) is 0 Å². The fourth-order valence-corrected chi connectivity index (χ4v) is 2.49. The molecule has 9 heteroatoms. The van der Waals surface area contributed by atoms with Crippen LogP contribution in [0.5, 0.6) is 0 Å². The first-order valence-corrected chi connectivity index (χ1v) is 6.90. The number of carbonyl (C=O) groups is 1. The van der Waals surface area contributed by atoms with E-state index < -0.39 is 16.0 Å². The first-order chi connectivity index (χ1) is 8.88. The lowest BCUT2D eigenvalue weighted by molar-refractivity contribution is 0.0438. The number of benzene rings is 1. The van der Waals surface area contributed by atoms with Gasteiger partial charge in [-0.1, -0.05) is 16.5 Å². The normalized spacial score (nSPS) is 11.5. The number of carboxylic acid groups (broad SMARTS) is 1. The minimum atomic E-state index is -4.05. The molecule has 106 valence electrons. The second-order valence-electron chi connectivity index (χ2n) is 3.38. The van der Waals surface area contributed by atoms with Gasteiger partial charge in [-0.25, -0.2) is 13.2 Å². The van der Waals surface area contributed by atoms with E-state index in [2.05, 4.69) is 9.57 Å². The number of sulfonamides is 1. The highest BCUT2D eigenvalue weighted by atomic mass is 35.5. The molecule has 0 aliphatic heterocycles. The number of hydrogen-bond acceptors (Lipinski definition) is 5. The Kier molecular flexibility index (Phi) is 5.70. The molecule has 0 heterocycles. The summed E-state index contributed by atoms with van der Waals surface area (Å²) in [6.07, 6.45) is 0. The predicted octanol–water partition coefficient (Wildman–Crippen LogP) is 0.895. The van der Waals surface area contributed by atoms with Gasteiger partial charge in [-0.05, 0) is 18.2 Å². The van der Waals surface area contributed by atoms with Gasteiger partial charge in [-0.2, -0.15) is 0 Å². The molecule has 19 heavy (non-hydrogen) atoms. The van der Waals surface area contributed by atoms with Crippen molar-refractivity contribution in [2.45, 2.75) is 4.90 Å². The second-order valence-corrected chi connectivity index (χ2v) is 5.40. The van der Waals surface area contributed by atoms with E-state index in [0.29, 0.717) is 0 Å². The Morgan fingerprint density at radius 3 is 2.68 bits per heavy atom. The van der Waals surface area contributed by atoms with Crippen molar-refractivity contribution >= 4 is 27.6 Å². The molecule has 1 rings (SSSR count). The van der Waals surface area contributed by atoms with Crippen LogP contribution in [0.15, 0.2) is 23.1 Å². The van der Waals surface area contributed by atoms with Gasteiger partial charge in [0.05, 0.1) is 23.8 Å². The van der Waals surface area contributed by atoms with Crippen molar-refractivity contribution in [1.82, 2.24) is 4.89 Å². The van der Waals surface area contributed by atoms with Crippen molar-refractivity contribution in [3.05, 3.63) is 28.8 Å². The maximum atomic E-state index is 11.8. The fraction of sp³-hybridized carbons (Fsp3) is 0.300. The third-order valence-corrected chi connectivity index (χ3v) is 3.72. The van der Waals surface area contributed by atoms with E-state index in [9.17, 15) is 13.2 Å². The van der Waals surface area contributed by atoms with Crippen molar-refractivity contribution in [2.24, 2.45) is 0 Å². The molecule has 1 aromatic rings. The van der Waals surface area contributed by atoms with E-state index in [0.717, 1.165) is 6.07 Å². The predicted molar refractivity (Wildman–Crippen MR) is 66.6 cm³/mol. The van der Waals surface area contributed by atoms with Gasteiger partial charge in [-0.15, -0.1) is 0 Å². The molecular weight excluding hydrogens is 298 g/mol. The number of halogens is 1. The topological polar surface area (TPSA) is 102 Å². The van der Waals surface area contributed by atoms with Gasteiger partial charge >= 0.3 is 5.97 Å². The zero-order valence-electron chi connectivity index (χ0n) is 9.92. The molecule has 7 nitrogen and oxygen atoms in total. The van der Waals surface area contributed by atoms with Gasteiger partial charge in [0.1, 0.15) is 4.90 Å². The van der Waals surface area contributed by atoms with Gasteiger partial charge in [0.25, 0.3) is 10.0 Å². The zero-order chi connectivity index (χ0) is 14.5. The monoisotopic (exact) mass is 309 g/mol. The Bertz CT molecular complexity index is 559. The number of methoxy groups -OCH3 is 1. The molecule has 0 amide bonds. The van der Waals surface area contributed by atoms with Gasteiger partial charge in [0.2, 0.25) is 0 Å². The van der Waals surface area contributed by atoms with Crippen LogP contribution < -0.4 is 4.89 Å². The Balaban J connectivity index is 2.94. The Morgan fingerprint density at radius 2 is 2.11 bits per heavy atom. The molecule has 0 aliphatic rings. The number of rotatable bonds is 7. The van der Waals surface area contributed by atoms with Crippen molar-refractivity contribution in [1.29, 1.82) is 0 Å². The Morgan fingerprint density at radius 1 is 1.42 bits per heavy atom. The number of carboxylic acids is 1. The van der Waals surface area contributed by atoms with Crippen LogP contribution in [0.4, 0.5) is 0 Å². The van der Waals surface area contributed by atoms with Crippen LogP contribution in [0.3, 0.4) is 0 Å². The van der Waals surface area contributed by atoms with E-state index in [1.807, 2.05) is 4.89 Å². The smallest absolute Gasteiger partial charge is 0.335 e. The third kappa shape index (κ3) is 4.44. The van der Waals surface area contributed by atoms with Crippen LogP contribution in [0.1, 0.15) is 10.4 Å². The lowest BCUT2D eigenvalue weighted by atomic mass is 10.2. The molecule has 2 N–H and O–H groups in total. The number of hydrogen-bond donors (Lipinski definition) is 2. The highest BCUT2D eigenvalue weighted by molar-refractivity contribution is 7.89. The van der Waals surface area contributed by atoms with Gasteiger partial charge in [0, 0.05) is 7.11 Å². The van der Waals surface area contributed by atoms with E-state index in [-0.39, 0.29) is 28.7 Å². The van der Waals surface area contributed by atoms with E-state index >= 15 is 0 Å². The van der Waals surface area contributed by atoms with E-state index in [1.54, 1.807) is 0 Å². The molecule has 0 aromatic heterocycles. The van der Waals surface area contributed by atoms with Gasteiger partial charge < -0.3 is 9.84 Å². The summed E-state index contributed by atoms with van der Waals surface area (Å²) in [6.45, 7) is 0.206. The highest BCUT2D eigenvalue weighted by Crippen LogP contribution is 2.22. The maximum absolute atomic E-state index is 11.8. The standard InChI is InChI=1S/C10H12ClNO6S/c1-17-4-5-18-12-19(15,16)9-6-7(10(13)14)2-3-8(9)11/h2-3,6,12H,4-5H2,1H3,(H,13,14). The average Bonchev–Trinajstić information content (AvgIpc) is 2.34. The summed E-state index contributed by atoms with van der Waals surface area (Å²) in [5, 5.41) is 8.70. The Labute approximate surface area is 115 Å². The minimum absolute atomic E-state index is 0.00592. The molecule has 0 unspecified atom stereocenters. The quantitative estimate of drug-likeness (QED) is 0.573. The summed E-state index contributed by atoms with van der Waals surface area (Å²) in [5.74, 6) is -1.26. The lowest BCUT2D eigenvalue weighted by Crippen LogP contribution is -2.26. The Hall–Kier alpha value is -1.19. The van der Waals surface area contributed by atoms with Crippen LogP contribution in [-0.2, 0) is 19.6 Å². The third-order valence-electron chi connectivity index (χ3n) is 2.03. The molecule has 0 saturated heterocycles. The molecule has 0 spiro atoms. The molecule has 1 aromatic carbocycles. The average molecular weight is 310 g/mol. The van der Waals surface area contributed by atoms with E-state index in [1.165, 1.54) is 19.2 Å². The zero-order valence-corrected chi connectivity index (χ0v) is 11.5. The summed E-state index contributed by atoms with van der Waals surface area (Å²) in [7, 11) is -2.61. The number of ether oxygens (including phenoxy) is 1.